The Hall–Kier alpha value is -3.36. The first kappa shape index (κ1) is 43.0. The number of hydrogen-bond donors (Lipinski definition) is 0. The van der Waals surface area contributed by atoms with Gasteiger partial charge < -0.3 is 28.4 Å². The van der Waals surface area contributed by atoms with Crippen LogP contribution in [0.4, 0.5) is 0 Å². The lowest BCUT2D eigenvalue weighted by molar-refractivity contribution is -0.154. The van der Waals surface area contributed by atoms with Crippen LogP contribution in [-0.4, -0.2) is 63.8 Å². The molecule has 0 N–H and O–H groups in total. The number of aryl methyl sites for hydroxylation is 1. The maximum Gasteiger partial charge on any atom is 0.305 e. The fourth-order valence-corrected chi connectivity index (χ4v) is 6.33. The summed E-state index contributed by atoms with van der Waals surface area (Å²) in [6, 6.07) is 14.3. The molecule has 290 valence electrons. The van der Waals surface area contributed by atoms with Crippen molar-refractivity contribution in [3.8, 4) is 11.5 Å². The van der Waals surface area contributed by atoms with Crippen molar-refractivity contribution in [2.75, 3.05) is 39.6 Å². The van der Waals surface area contributed by atoms with Crippen molar-refractivity contribution >= 4 is 33.5 Å². The van der Waals surface area contributed by atoms with Crippen molar-refractivity contribution in [2.45, 2.75) is 131 Å². The molecule has 0 heterocycles. The largest absolute Gasteiger partial charge is 0.488 e. The van der Waals surface area contributed by atoms with Gasteiger partial charge >= 0.3 is 11.9 Å². The normalized spacial score (nSPS) is 13.8. The number of unbranched alkanes of at least 4 members (excludes halogenated alkanes) is 2. The lowest BCUT2D eigenvalue weighted by Gasteiger charge is -2.24. The second-order valence-corrected chi connectivity index (χ2v) is 13.9. The summed E-state index contributed by atoms with van der Waals surface area (Å²) in [6.45, 7) is 16.6. The van der Waals surface area contributed by atoms with E-state index < -0.39 is 12.2 Å². The smallest absolute Gasteiger partial charge is 0.305 e. The number of fused-ring (bicyclic) bond motifs is 2. The fraction of sp³-hybridized carbons (Fsp3) is 0.636. The highest BCUT2D eigenvalue weighted by Crippen LogP contribution is 2.43. The van der Waals surface area contributed by atoms with Gasteiger partial charge in [-0.1, -0.05) is 123 Å². The van der Waals surface area contributed by atoms with E-state index in [1.165, 1.54) is 12.8 Å². The summed E-state index contributed by atoms with van der Waals surface area (Å²) in [5.74, 6) is 1.79. The summed E-state index contributed by atoms with van der Waals surface area (Å²) < 4.78 is 37.2. The maximum atomic E-state index is 12.5. The number of carbonyl (C=O) groups is 2. The molecule has 0 aliphatic heterocycles. The van der Waals surface area contributed by atoms with Crippen molar-refractivity contribution in [1.29, 1.82) is 0 Å². The van der Waals surface area contributed by atoms with E-state index in [2.05, 4.69) is 52.8 Å². The van der Waals surface area contributed by atoms with Gasteiger partial charge in [0.2, 0.25) is 0 Å². The molecule has 0 spiro atoms. The van der Waals surface area contributed by atoms with Crippen molar-refractivity contribution < 1.29 is 38.0 Å². The fourth-order valence-electron chi connectivity index (χ4n) is 6.33. The van der Waals surface area contributed by atoms with Crippen LogP contribution in [0.2, 0.25) is 0 Å². The summed E-state index contributed by atoms with van der Waals surface area (Å²) in [5, 5.41) is 3.55. The molecule has 3 rings (SSSR count). The number of rotatable bonds is 27. The predicted molar refractivity (Wildman–Crippen MR) is 210 cm³/mol. The number of carbonyl (C=O) groups excluding carboxylic acids is 2. The third kappa shape index (κ3) is 13.6. The standard InChI is InChI=1S/C44H66O8/c1-8-15-19-33(11-4)26-47-28-35(51-41(45)13-6)30-49-43-37-21-17-18-22-38(37)44(40-25-32(10-3)23-24-39(40)43)50-31-36(52-42(46)14-7)29-48-27-34(12-5)20-16-9-2/h17-18,21-25,33-36H,8-16,19-20,26-31H2,1-7H3. The van der Waals surface area contributed by atoms with E-state index in [9.17, 15) is 9.59 Å². The minimum absolute atomic E-state index is 0.149. The molecular weight excluding hydrogens is 656 g/mol. The van der Waals surface area contributed by atoms with Gasteiger partial charge in [0.25, 0.3) is 0 Å². The first-order chi connectivity index (χ1) is 25.3. The molecule has 8 nitrogen and oxygen atoms in total. The van der Waals surface area contributed by atoms with Gasteiger partial charge in [0, 0.05) is 47.6 Å². The molecular formula is C44H66O8. The van der Waals surface area contributed by atoms with Crippen LogP contribution in [0.25, 0.3) is 21.5 Å². The number of hydrogen-bond acceptors (Lipinski definition) is 8. The Morgan fingerprint density at radius 1 is 0.558 bits per heavy atom. The van der Waals surface area contributed by atoms with Gasteiger partial charge in [0.15, 0.2) is 12.2 Å². The van der Waals surface area contributed by atoms with Gasteiger partial charge in [-0.2, -0.15) is 0 Å². The highest BCUT2D eigenvalue weighted by atomic mass is 16.6. The minimum atomic E-state index is -0.557. The predicted octanol–water partition coefficient (Wildman–Crippen LogP) is 10.4. The Balaban J connectivity index is 1.91. The maximum absolute atomic E-state index is 12.5. The summed E-state index contributed by atoms with van der Waals surface area (Å²) in [6.07, 6.45) is 9.32. The molecule has 3 aromatic carbocycles. The van der Waals surface area contributed by atoms with E-state index in [-0.39, 0.29) is 51.2 Å². The van der Waals surface area contributed by atoms with Gasteiger partial charge in [-0.15, -0.1) is 0 Å². The zero-order valence-corrected chi connectivity index (χ0v) is 33.1. The molecule has 0 fully saturated rings. The molecule has 0 radical (unpaired) electrons. The second kappa shape index (κ2) is 24.1. The van der Waals surface area contributed by atoms with Crippen molar-refractivity contribution in [3.05, 3.63) is 48.0 Å². The molecule has 0 amide bonds. The molecule has 4 atom stereocenters. The van der Waals surface area contributed by atoms with Crippen LogP contribution in [-0.2, 0) is 35.0 Å². The molecule has 0 saturated carbocycles. The summed E-state index contributed by atoms with van der Waals surface area (Å²) in [7, 11) is 0. The highest BCUT2D eigenvalue weighted by Gasteiger charge is 2.23. The molecule has 0 aromatic heterocycles. The van der Waals surface area contributed by atoms with Crippen LogP contribution in [0, 0.1) is 11.8 Å². The highest BCUT2D eigenvalue weighted by molar-refractivity contribution is 6.11. The van der Waals surface area contributed by atoms with E-state index in [4.69, 9.17) is 28.4 Å². The topological polar surface area (TPSA) is 89.5 Å². The molecule has 52 heavy (non-hydrogen) atoms. The SMILES string of the molecule is CCCCC(CC)COCC(COc1c2ccccc2c(OCC(COCC(CC)CCCC)OC(=O)CC)c2cc(CC)ccc12)OC(=O)CC. The van der Waals surface area contributed by atoms with E-state index in [1.807, 2.05) is 24.3 Å². The van der Waals surface area contributed by atoms with Gasteiger partial charge in [-0.25, -0.2) is 0 Å². The van der Waals surface area contributed by atoms with Crippen LogP contribution < -0.4 is 9.47 Å². The Kier molecular flexibility index (Phi) is 19.9. The van der Waals surface area contributed by atoms with Crippen LogP contribution in [0.15, 0.2) is 42.5 Å². The Labute approximate surface area is 313 Å². The average Bonchev–Trinajstić information content (AvgIpc) is 3.17. The molecule has 0 bridgehead atoms. The van der Waals surface area contributed by atoms with E-state index in [1.54, 1.807) is 13.8 Å². The van der Waals surface area contributed by atoms with E-state index in [0.717, 1.165) is 72.1 Å². The zero-order chi connectivity index (χ0) is 37.7. The third-order valence-corrected chi connectivity index (χ3v) is 9.80. The van der Waals surface area contributed by atoms with Crippen LogP contribution >= 0.6 is 0 Å². The quantitative estimate of drug-likeness (QED) is 0.0567. The summed E-state index contributed by atoms with van der Waals surface area (Å²) >= 11 is 0. The molecule has 0 aliphatic carbocycles. The zero-order valence-electron chi connectivity index (χ0n) is 33.1. The first-order valence-corrected chi connectivity index (χ1v) is 20.1. The Morgan fingerprint density at radius 3 is 1.44 bits per heavy atom. The van der Waals surface area contributed by atoms with Gasteiger partial charge in [0.05, 0.1) is 13.2 Å². The first-order valence-electron chi connectivity index (χ1n) is 20.1. The Bertz CT molecular complexity index is 1490. The van der Waals surface area contributed by atoms with Crippen molar-refractivity contribution in [1.82, 2.24) is 0 Å². The van der Waals surface area contributed by atoms with Crippen LogP contribution in [0.5, 0.6) is 11.5 Å². The second-order valence-electron chi connectivity index (χ2n) is 13.9. The molecule has 8 heteroatoms. The summed E-state index contributed by atoms with van der Waals surface area (Å²) in [4.78, 5) is 24.9. The molecule has 0 saturated heterocycles. The number of ether oxygens (including phenoxy) is 6. The Morgan fingerprint density at radius 2 is 1.02 bits per heavy atom. The van der Waals surface area contributed by atoms with E-state index >= 15 is 0 Å². The van der Waals surface area contributed by atoms with Crippen LogP contribution in [0.1, 0.15) is 118 Å². The lowest BCUT2D eigenvalue weighted by atomic mass is 9.98. The average molecular weight is 723 g/mol. The monoisotopic (exact) mass is 722 g/mol. The number of esters is 2. The third-order valence-electron chi connectivity index (χ3n) is 9.80. The van der Waals surface area contributed by atoms with Gasteiger partial charge in [-0.3, -0.25) is 9.59 Å². The van der Waals surface area contributed by atoms with Gasteiger partial charge in [-0.05, 0) is 42.7 Å². The van der Waals surface area contributed by atoms with Crippen LogP contribution in [0.3, 0.4) is 0 Å². The van der Waals surface area contributed by atoms with Crippen molar-refractivity contribution in [2.24, 2.45) is 11.8 Å². The molecule has 4 unspecified atom stereocenters. The molecule has 3 aromatic rings. The number of benzene rings is 3. The minimum Gasteiger partial charge on any atom is -0.488 e. The van der Waals surface area contributed by atoms with Crippen molar-refractivity contribution in [3.63, 3.8) is 0 Å². The van der Waals surface area contributed by atoms with Gasteiger partial charge in [0.1, 0.15) is 24.7 Å². The van der Waals surface area contributed by atoms with E-state index in [0.29, 0.717) is 36.5 Å². The molecule has 0 aliphatic rings. The summed E-state index contributed by atoms with van der Waals surface area (Å²) in [5.41, 5.74) is 1.16. The lowest BCUT2D eigenvalue weighted by Crippen LogP contribution is -2.31.